The molecular weight excluding hydrogens is 274 g/mol. The van der Waals surface area contributed by atoms with Crippen LogP contribution in [0.3, 0.4) is 0 Å². The van der Waals surface area contributed by atoms with Crippen LogP contribution < -0.4 is 0 Å². The predicted molar refractivity (Wildman–Crippen MR) is 68.4 cm³/mol. The van der Waals surface area contributed by atoms with Gasteiger partial charge in [-0.3, -0.25) is 4.68 Å². The van der Waals surface area contributed by atoms with E-state index in [9.17, 15) is 13.9 Å². The van der Waals surface area contributed by atoms with Gasteiger partial charge in [0, 0.05) is 12.1 Å². The van der Waals surface area contributed by atoms with Crippen LogP contribution >= 0.6 is 11.6 Å². The van der Waals surface area contributed by atoms with E-state index in [-0.39, 0.29) is 5.56 Å². The summed E-state index contributed by atoms with van der Waals surface area (Å²) < 4.78 is 26.5. The van der Waals surface area contributed by atoms with E-state index in [0.717, 1.165) is 0 Å². The van der Waals surface area contributed by atoms with E-state index in [1.807, 2.05) is 6.92 Å². The lowest BCUT2D eigenvalue weighted by Gasteiger charge is -2.14. The zero-order valence-electron chi connectivity index (χ0n) is 10.2. The topological polar surface area (TPSA) is 38.0 Å². The van der Waals surface area contributed by atoms with Crippen LogP contribution in [0.5, 0.6) is 0 Å². The molecule has 0 saturated heterocycles. The first-order valence-corrected chi connectivity index (χ1v) is 6.19. The molecule has 1 N–H and O–H groups in total. The fourth-order valence-corrected chi connectivity index (χ4v) is 2.12. The second-order valence-corrected chi connectivity index (χ2v) is 4.47. The zero-order chi connectivity index (χ0) is 14.0. The first-order valence-electron chi connectivity index (χ1n) is 5.81. The molecular formula is C13H13ClF2N2O. The van der Waals surface area contributed by atoms with Gasteiger partial charge in [0.15, 0.2) is 0 Å². The molecule has 0 bridgehead atoms. The van der Waals surface area contributed by atoms with E-state index in [0.29, 0.717) is 22.8 Å². The molecule has 2 rings (SSSR count). The average Bonchev–Trinajstić information content (AvgIpc) is 2.79. The number of rotatable bonds is 4. The summed E-state index contributed by atoms with van der Waals surface area (Å²) in [6.07, 6.45) is -2.05. The molecule has 0 aliphatic rings. The van der Waals surface area contributed by atoms with Gasteiger partial charge < -0.3 is 5.11 Å². The van der Waals surface area contributed by atoms with Crippen LogP contribution in [0.4, 0.5) is 8.78 Å². The molecule has 1 aromatic heterocycles. The SMILES string of the molecule is CCn1ncc(Cl)c1C(O)c1ccc(C(F)F)cc1. The summed E-state index contributed by atoms with van der Waals surface area (Å²) >= 11 is 5.99. The molecule has 2 aromatic rings. The van der Waals surface area contributed by atoms with Crippen molar-refractivity contribution in [1.29, 1.82) is 0 Å². The molecule has 0 radical (unpaired) electrons. The summed E-state index contributed by atoms with van der Waals surface area (Å²) in [4.78, 5) is 0. The minimum Gasteiger partial charge on any atom is -0.382 e. The Balaban J connectivity index is 2.33. The standard InChI is InChI=1S/C13H13ClF2N2O/c1-2-18-11(10(14)7-17-18)12(19)8-3-5-9(6-4-8)13(15)16/h3-7,12-13,19H,2H2,1H3. The highest BCUT2D eigenvalue weighted by atomic mass is 35.5. The molecule has 1 heterocycles. The van der Waals surface area contributed by atoms with Crippen molar-refractivity contribution in [2.75, 3.05) is 0 Å². The second kappa shape index (κ2) is 5.67. The van der Waals surface area contributed by atoms with E-state index >= 15 is 0 Å². The number of hydrogen-bond donors (Lipinski definition) is 1. The van der Waals surface area contributed by atoms with Crippen LogP contribution in [0.1, 0.15) is 36.3 Å². The summed E-state index contributed by atoms with van der Waals surface area (Å²) in [5, 5.41) is 14.7. The van der Waals surface area contributed by atoms with Gasteiger partial charge in [0.2, 0.25) is 0 Å². The number of nitrogens with zero attached hydrogens (tertiary/aromatic N) is 2. The monoisotopic (exact) mass is 286 g/mol. The van der Waals surface area contributed by atoms with E-state index in [1.165, 1.54) is 30.5 Å². The lowest BCUT2D eigenvalue weighted by molar-refractivity contribution is 0.151. The molecule has 19 heavy (non-hydrogen) atoms. The van der Waals surface area contributed by atoms with Gasteiger partial charge in [0.05, 0.1) is 16.9 Å². The highest BCUT2D eigenvalue weighted by Crippen LogP contribution is 2.29. The van der Waals surface area contributed by atoms with Crippen molar-refractivity contribution in [2.24, 2.45) is 0 Å². The number of aromatic nitrogens is 2. The molecule has 6 heteroatoms. The van der Waals surface area contributed by atoms with Crippen molar-refractivity contribution in [1.82, 2.24) is 9.78 Å². The van der Waals surface area contributed by atoms with Gasteiger partial charge in [-0.25, -0.2) is 8.78 Å². The van der Waals surface area contributed by atoms with Crippen LogP contribution in [0.15, 0.2) is 30.5 Å². The Labute approximate surface area is 114 Å². The first kappa shape index (κ1) is 14.0. The van der Waals surface area contributed by atoms with Crippen LogP contribution in [-0.2, 0) is 6.54 Å². The zero-order valence-corrected chi connectivity index (χ0v) is 11.0. The Bertz CT molecular complexity index is 554. The van der Waals surface area contributed by atoms with E-state index in [1.54, 1.807) is 4.68 Å². The second-order valence-electron chi connectivity index (χ2n) is 4.06. The van der Waals surface area contributed by atoms with Crippen molar-refractivity contribution < 1.29 is 13.9 Å². The van der Waals surface area contributed by atoms with Crippen molar-refractivity contribution in [3.05, 3.63) is 52.3 Å². The van der Waals surface area contributed by atoms with Crippen LogP contribution in [0.25, 0.3) is 0 Å². The summed E-state index contributed by atoms with van der Waals surface area (Å²) in [5.41, 5.74) is 0.890. The quantitative estimate of drug-likeness (QED) is 0.933. The van der Waals surface area contributed by atoms with Gasteiger partial charge >= 0.3 is 0 Å². The van der Waals surface area contributed by atoms with Gasteiger partial charge in [-0.15, -0.1) is 0 Å². The maximum atomic E-state index is 12.5. The number of hydrogen-bond acceptors (Lipinski definition) is 2. The van der Waals surface area contributed by atoms with Gasteiger partial charge in [-0.1, -0.05) is 35.9 Å². The summed E-state index contributed by atoms with van der Waals surface area (Å²) in [7, 11) is 0. The predicted octanol–water partition coefficient (Wildman–Crippen LogP) is 3.58. The molecule has 0 saturated carbocycles. The third-order valence-corrected chi connectivity index (χ3v) is 3.19. The number of aryl methyl sites for hydroxylation is 1. The Morgan fingerprint density at radius 2 is 1.84 bits per heavy atom. The normalized spacial score (nSPS) is 12.9. The third kappa shape index (κ3) is 2.77. The molecule has 0 spiro atoms. The molecule has 1 atom stereocenters. The van der Waals surface area contributed by atoms with Gasteiger partial charge in [-0.2, -0.15) is 5.10 Å². The van der Waals surface area contributed by atoms with Crippen molar-refractivity contribution in [3.8, 4) is 0 Å². The highest BCUT2D eigenvalue weighted by Gasteiger charge is 2.19. The van der Waals surface area contributed by atoms with Crippen LogP contribution in [0.2, 0.25) is 5.02 Å². The Hall–Kier alpha value is -1.46. The number of aliphatic hydroxyl groups excluding tert-OH is 1. The molecule has 0 amide bonds. The first-order chi connectivity index (χ1) is 9.04. The van der Waals surface area contributed by atoms with Crippen molar-refractivity contribution in [3.63, 3.8) is 0 Å². The number of alkyl halides is 2. The van der Waals surface area contributed by atoms with Gasteiger partial charge in [0.25, 0.3) is 6.43 Å². The minimum absolute atomic E-state index is 0.0777. The molecule has 1 aromatic carbocycles. The molecule has 3 nitrogen and oxygen atoms in total. The maximum absolute atomic E-state index is 12.5. The van der Waals surface area contributed by atoms with E-state index in [2.05, 4.69) is 5.10 Å². The lowest BCUT2D eigenvalue weighted by atomic mass is 10.0. The largest absolute Gasteiger partial charge is 0.382 e. The average molecular weight is 287 g/mol. The Morgan fingerprint density at radius 1 is 1.26 bits per heavy atom. The third-order valence-electron chi connectivity index (χ3n) is 2.90. The van der Waals surface area contributed by atoms with E-state index < -0.39 is 12.5 Å². The Kier molecular flexibility index (Phi) is 4.17. The number of halogens is 3. The number of benzene rings is 1. The lowest BCUT2D eigenvalue weighted by Crippen LogP contribution is -2.09. The number of aliphatic hydroxyl groups is 1. The summed E-state index contributed by atoms with van der Waals surface area (Å²) in [6, 6.07) is 5.53. The fraction of sp³-hybridized carbons (Fsp3) is 0.308. The molecule has 102 valence electrons. The van der Waals surface area contributed by atoms with Crippen molar-refractivity contribution >= 4 is 11.6 Å². The Morgan fingerprint density at radius 3 is 2.37 bits per heavy atom. The highest BCUT2D eigenvalue weighted by molar-refractivity contribution is 6.31. The molecule has 0 fully saturated rings. The smallest absolute Gasteiger partial charge is 0.263 e. The van der Waals surface area contributed by atoms with Crippen molar-refractivity contribution in [2.45, 2.75) is 26.0 Å². The fourth-order valence-electron chi connectivity index (χ4n) is 1.88. The molecule has 0 aliphatic heterocycles. The molecule has 0 aliphatic carbocycles. The molecule has 1 unspecified atom stereocenters. The maximum Gasteiger partial charge on any atom is 0.263 e. The van der Waals surface area contributed by atoms with Gasteiger partial charge in [-0.05, 0) is 12.5 Å². The van der Waals surface area contributed by atoms with E-state index in [4.69, 9.17) is 11.6 Å². The minimum atomic E-state index is -2.52. The summed E-state index contributed by atoms with van der Waals surface area (Å²) in [6.45, 7) is 2.44. The van der Waals surface area contributed by atoms with Crippen LogP contribution in [0, 0.1) is 0 Å². The van der Waals surface area contributed by atoms with Gasteiger partial charge in [0.1, 0.15) is 6.10 Å². The van der Waals surface area contributed by atoms with Crippen LogP contribution in [-0.4, -0.2) is 14.9 Å². The summed E-state index contributed by atoms with van der Waals surface area (Å²) in [5.74, 6) is 0.